The average Bonchev–Trinajstić information content (AvgIpc) is 3.17. The normalized spacial score (nSPS) is 14.0. The van der Waals surface area contributed by atoms with Crippen LogP contribution in [-0.2, 0) is 11.2 Å². The van der Waals surface area contributed by atoms with Gasteiger partial charge in [-0.2, -0.15) is 0 Å². The van der Waals surface area contributed by atoms with Crippen LogP contribution in [0, 0.1) is 0 Å². The molecule has 1 atom stereocenters. The number of rotatable bonds is 7. The Bertz CT molecular complexity index is 813. The molecule has 3 rings (SSSR count). The third-order valence-electron chi connectivity index (χ3n) is 4.91. The average molecular weight is 508 g/mol. The Hall–Kier alpha value is -2.13. The van der Waals surface area contributed by atoms with Gasteiger partial charge in [-0.1, -0.05) is 48.5 Å². The number of aliphatic hydroxyl groups excluding tert-OH is 1. The summed E-state index contributed by atoms with van der Waals surface area (Å²) >= 11 is 0. The predicted octanol–water partition coefficient (Wildman–Crippen LogP) is 2.52. The Morgan fingerprint density at radius 3 is 2.59 bits per heavy atom. The monoisotopic (exact) mass is 508 g/mol. The summed E-state index contributed by atoms with van der Waals surface area (Å²) in [5.74, 6) is 0.535. The van der Waals surface area contributed by atoms with Crippen molar-refractivity contribution >= 4 is 41.5 Å². The van der Waals surface area contributed by atoms with Crippen molar-refractivity contribution in [2.24, 2.45) is 4.99 Å². The molecule has 1 aliphatic heterocycles. The standard InChI is InChI=1S/C22H28N4O2.HI/c1-2-23-22(24-14-19(16-27)17-8-4-3-5-9-17)25-15-21(28)26-13-12-18-10-6-7-11-20(18)26;/h3-11,19,27H,2,12-16H2,1H3,(H2,23,24,25);1H. The molecule has 7 heteroatoms. The maximum atomic E-state index is 12.7. The smallest absolute Gasteiger partial charge is 0.248 e. The van der Waals surface area contributed by atoms with Crippen LogP contribution in [0.5, 0.6) is 0 Å². The van der Waals surface area contributed by atoms with Crippen LogP contribution in [0.3, 0.4) is 0 Å². The lowest BCUT2D eigenvalue weighted by Crippen LogP contribution is -2.41. The van der Waals surface area contributed by atoms with Crippen LogP contribution in [0.15, 0.2) is 59.6 Å². The number of nitrogens with one attached hydrogen (secondary N) is 2. The highest BCUT2D eigenvalue weighted by atomic mass is 127. The van der Waals surface area contributed by atoms with Gasteiger partial charge in [-0.15, -0.1) is 24.0 Å². The molecule has 6 nitrogen and oxygen atoms in total. The molecule has 1 aliphatic rings. The molecule has 0 saturated heterocycles. The summed E-state index contributed by atoms with van der Waals surface area (Å²) < 4.78 is 0. The largest absolute Gasteiger partial charge is 0.396 e. The number of hydrogen-bond acceptors (Lipinski definition) is 3. The van der Waals surface area contributed by atoms with Crippen LogP contribution >= 0.6 is 24.0 Å². The zero-order valence-corrected chi connectivity index (χ0v) is 19.0. The fourth-order valence-corrected chi connectivity index (χ4v) is 3.40. The van der Waals surface area contributed by atoms with Crippen molar-refractivity contribution in [1.29, 1.82) is 0 Å². The second kappa shape index (κ2) is 11.8. The lowest BCUT2D eigenvalue weighted by Gasteiger charge is -2.19. The first-order valence-corrected chi connectivity index (χ1v) is 9.79. The van der Waals surface area contributed by atoms with Crippen LogP contribution in [0.25, 0.3) is 0 Å². The molecule has 1 heterocycles. The molecule has 0 bridgehead atoms. The minimum absolute atomic E-state index is 0. The van der Waals surface area contributed by atoms with Crippen molar-refractivity contribution < 1.29 is 9.90 Å². The second-order valence-electron chi connectivity index (χ2n) is 6.79. The Labute approximate surface area is 189 Å². The highest BCUT2D eigenvalue weighted by Gasteiger charge is 2.23. The fourth-order valence-electron chi connectivity index (χ4n) is 3.40. The number of fused-ring (bicyclic) bond motifs is 1. The summed E-state index contributed by atoms with van der Waals surface area (Å²) in [6.45, 7) is 4.04. The number of amides is 1. The van der Waals surface area contributed by atoms with E-state index in [-0.39, 0.29) is 49.0 Å². The Kier molecular flexibility index (Phi) is 9.40. The Balaban J connectivity index is 0.00000300. The zero-order chi connectivity index (χ0) is 19.8. The van der Waals surface area contributed by atoms with E-state index >= 15 is 0 Å². The van der Waals surface area contributed by atoms with Gasteiger partial charge in [-0.05, 0) is 30.5 Å². The first kappa shape index (κ1) is 23.2. The summed E-state index contributed by atoms with van der Waals surface area (Å²) in [7, 11) is 0. The molecule has 2 aromatic rings. The van der Waals surface area contributed by atoms with Gasteiger partial charge >= 0.3 is 0 Å². The van der Waals surface area contributed by atoms with Gasteiger partial charge in [-0.25, -0.2) is 4.99 Å². The first-order chi connectivity index (χ1) is 13.7. The minimum Gasteiger partial charge on any atom is -0.396 e. The number of hydrogen-bond donors (Lipinski definition) is 3. The summed E-state index contributed by atoms with van der Waals surface area (Å²) in [5.41, 5.74) is 3.27. The molecule has 29 heavy (non-hydrogen) atoms. The van der Waals surface area contributed by atoms with Gasteiger partial charge in [0, 0.05) is 31.2 Å². The topological polar surface area (TPSA) is 77.0 Å². The van der Waals surface area contributed by atoms with Gasteiger partial charge in [0.15, 0.2) is 5.96 Å². The molecule has 2 aromatic carbocycles. The summed E-state index contributed by atoms with van der Waals surface area (Å²) in [4.78, 5) is 18.9. The molecule has 0 radical (unpaired) electrons. The molecule has 156 valence electrons. The molecule has 0 aromatic heterocycles. The van der Waals surface area contributed by atoms with Crippen LogP contribution in [-0.4, -0.2) is 49.8 Å². The van der Waals surface area contributed by atoms with Crippen molar-refractivity contribution in [1.82, 2.24) is 10.6 Å². The van der Waals surface area contributed by atoms with E-state index in [4.69, 9.17) is 0 Å². The third kappa shape index (κ3) is 6.17. The molecule has 0 saturated carbocycles. The van der Waals surface area contributed by atoms with Gasteiger partial charge in [0.25, 0.3) is 0 Å². The third-order valence-corrected chi connectivity index (χ3v) is 4.91. The molecule has 1 unspecified atom stereocenters. The number of aliphatic hydroxyl groups is 1. The van der Waals surface area contributed by atoms with Crippen molar-refractivity contribution in [3.63, 3.8) is 0 Å². The number of benzene rings is 2. The van der Waals surface area contributed by atoms with E-state index in [1.165, 1.54) is 5.56 Å². The molecule has 0 aliphatic carbocycles. The maximum Gasteiger partial charge on any atom is 0.248 e. The highest BCUT2D eigenvalue weighted by Crippen LogP contribution is 2.27. The Morgan fingerprint density at radius 1 is 1.14 bits per heavy atom. The quantitative estimate of drug-likeness (QED) is 0.305. The summed E-state index contributed by atoms with van der Waals surface area (Å²) in [6, 6.07) is 17.9. The van der Waals surface area contributed by atoms with Crippen LogP contribution < -0.4 is 15.5 Å². The van der Waals surface area contributed by atoms with E-state index in [1.54, 1.807) is 0 Å². The number of carbonyl (C=O) groups excluding carboxylic acids is 1. The minimum atomic E-state index is -0.0359. The fraction of sp³-hybridized carbons (Fsp3) is 0.364. The number of nitrogens with zero attached hydrogens (tertiary/aromatic N) is 2. The highest BCUT2D eigenvalue weighted by molar-refractivity contribution is 14.0. The van der Waals surface area contributed by atoms with Gasteiger partial charge in [0.05, 0.1) is 6.61 Å². The molecule has 1 amide bonds. The molecular weight excluding hydrogens is 479 g/mol. The second-order valence-corrected chi connectivity index (χ2v) is 6.79. The number of para-hydroxylation sites is 1. The molecule has 0 spiro atoms. The van der Waals surface area contributed by atoms with Crippen LogP contribution in [0.1, 0.15) is 24.0 Å². The summed E-state index contributed by atoms with van der Waals surface area (Å²) in [6.07, 6.45) is 0.888. The van der Waals surface area contributed by atoms with Crippen molar-refractivity contribution in [3.8, 4) is 0 Å². The Morgan fingerprint density at radius 2 is 1.86 bits per heavy atom. The van der Waals surface area contributed by atoms with Crippen molar-refractivity contribution in [3.05, 3.63) is 65.7 Å². The zero-order valence-electron chi connectivity index (χ0n) is 16.7. The van der Waals surface area contributed by atoms with Crippen LogP contribution in [0.4, 0.5) is 5.69 Å². The van der Waals surface area contributed by atoms with E-state index in [0.29, 0.717) is 25.6 Å². The molecule has 3 N–H and O–H groups in total. The van der Waals surface area contributed by atoms with Gasteiger partial charge < -0.3 is 20.6 Å². The lowest BCUT2D eigenvalue weighted by molar-refractivity contribution is -0.117. The van der Waals surface area contributed by atoms with E-state index < -0.39 is 0 Å². The SMILES string of the molecule is CCNC(=NCC(=O)N1CCc2ccccc21)NCC(CO)c1ccccc1.I. The first-order valence-electron chi connectivity index (χ1n) is 9.79. The van der Waals surface area contributed by atoms with E-state index in [9.17, 15) is 9.90 Å². The van der Waals surface area contributed by atoms with Gasteiger partial charge in [0.1, 0.15) is 6.54 Å². The number of halogens is 1. The van der Waals surface area contributed by atoms with Crippen LogP contribution in [0.2, 0.25) is 0 Å². The summed E-state index contributed by atoms with van der Waals surface area (Å²) in [5, 5.41) is 16.1. The van der Waals surface area contributed by atoms with Gasteiger partial charge in [0.2, 0.25) is 5.91 Å². The number of anilines is 1. The van der Waals surface area contributed by atoms with Gasteiger partial charge in [-0.3, -0.25) is 4.79 Å². The van der Waals surface area contributed by atoms with E-state index in [1.807, 2.05) is 60.4 Å². The van der Waals surface area contributed by atoms with E-state index in [0.717, 1.165) is 17.7 Å². The molecular formula is C22H29IN4O2. The lowest BCUT2D eigenvalue weighted by atomic mass is 10.0. The number of guanidine groups is 1. The van der Waals surface area contributed by atoms with Crippen molar-refractivity contribution in [2.45, 2.75) is 19.3 Å². The maximum absolute atomic E-state index is 12.7. The van der Waals surface area contributed by atoms with Crippen molar-refractivity contribution in [2.75, 3.05) is 37.7 Å². The number of carbonyl (C=O) groups is 1. The predicted molar refractivity (Wildman–Crippen MR) is 128 cm³/mol. The van der Waals surface area contributed by atoms with E-state index in [2.05, 4.69) is 21.7 Å². The number of aliphatic imine (C=N–C) groups is 1. The molecule has 0 fully saturated rings.